The second-order valence-electron chi connectivity index (χ2n) is 4.94. The number of rotatable bonds is 6. The van der Waals surface area contributed by atoms with Crippen LogP contribution < -0.4 is 14.8 Å². The molecule has 1 heterocycles. The average molecular weight is 365 g/mol. The fraction of sp³-hybridized carbons (Fsp3) is 0.235. The molecular weight excluding hydrogens is 348 g/mol. The molecule has 1 aromatic carbocycles. The molecule has 0 bridgehead atoms. The zero-order chi connectivity index (χ0) is 18.4. The van der Waals surface area contributed by atoms with Crippen LogP contribution in [-0.2, 0) is 9.53 Å². The molecular formula is C17H17ClN2O5. The molecule has 0 saturated heterocycles. The number of nitrogens with one attached hydrogen (secondary N) is 1. The summed E-state index contributed by atoms with van der Waals surface area (Å²) in [5, 5.41) is 2.98. The van der Waals surface area contributed by atoms with E-state index in [9.17, 15) is 9.59 Å². The summed E-state index contributed by atoms with van der Waals surface area (Å²) >= 11 is 5.74. The first-order chi connectivity index (χ1) is 12.0. The van der Waals surface area contributed by atoms with Crippen LogP contribution in [0.5, 0.6) is 11.5 Å². The number of halogens is 1. The molecule has 0 spiro atoms. The summed E-state index contributed by atoms with van der Waals surface area (Å²) in [6.07, 6.45) is 0.340. The average Bonchev–Trinajstić information content (AvgIpc) is 2.62. The molecule has 7 nitrogen and oxygen atoms in total. The van der Waals surface area contributed by atoms with Gasteiger partial charge in [0, 0.05) is 6.20 Å². The van der Waals surface area contributed by atoms with E-state index < -0.39 is 18.0 Å². The highest BCUT2D eigenvalue weighted by Gasteiger charge is 2.24. The van der Waals surface area contributed by atoms with Gasteiger partial charge in [-0.1, -0.05) is 17.7 Å². The van der Waals surface area contributed by atoms with Gasteiger partial charge in [-0.05, 0) is 31.2 Å². The number of hydrogen-bond acceptors (Lipinski definition) is 6. The van der Waals surface area contributed by atoms with Gasteiger partial charge in [-0.15, -0.1) is 0 Å². The lowest BCUT2D eigenvalue weighted by molar-refractivity contribution is -0.123. The van der Waals surface area contributed by atoms with Crippen LogP contribution in [0.15, 0.2) is 36.5 Å². The van der Waals surface area contributed by atoms with Gasteiger partial charge < -0.3 is 19.5 Å². The van der Waals surface area contributed by atoms with E-state index in [1.807, 2.05) is 0 Å². The number of hydrogen-bond donors (Lipinski definition) is 1. The summed E-state index contributed by atoms with van der Waals surface area (Å²) in [6.45, 7) is 1.45. The number of nitrogens with zero attached hydrogens (tertiary/aromatic N) is 1. The highest BCUT2D eigenvalue weighted by atomic mass is 35.5. The van der Waals surface area contributed by atoms with E-state index >= 15 is 0 Å². The zero-order valence-electron chi connectivity index (χ0n) is 13.9. The number of carbonyl (C=O) groups is 2. The van der Waals surface area contributed by atoms with Gasteiger partial charge in [0.2, 0.25) is 0 Å². The third-order valence-corrected chi connectivity index (χ3v) is 3.49. The number of pyridine rings is 1. The molecule has 0 radical (unpaired) electrons. The van der Waals surface area contributed by atoms with E-state index in [1.54, 1.807) is 24.3 Å². The lowest BCUT2D eigenvalue weighted by Crippen LogP contribution is -2.30. The Bertz CT molecular complexity index is 742. The van der Waals surface area contributed by atoms with Gasteiger partial charge >= 0.3 is 5.97 Å². The van der Waals surface area contributed by atoms with Crippen molar-refractivity contribution in [1.29, 1.82) is 0 Å². The summed E-state index contributed by atoms with van der Waals surface area (Å²) in [5.74, 6) is -0.391. The molecule has 1 amide bonds. The summed E-state index contributed by atoms with van der Waals surface area (Å²) in [5.41, 5.74) is 0.108. The van der Waals surface area contributed by atoms with Crippen molar-refractivity contribution in [3.05, 3.63) is 47.1 Å². The maximum atomic E-state index is 12.4. The SMILES string of the molecule is COc1cccc(OC)c1C(=O)O[C@@H](C)C(=O)Nc1ccc(Cl)cn1. The highest BCUT2D eigenvalue weighted by Crippen LogP contribution is 2.29. The van der Waals surface area contributed by atoms with Crippen molar-refractivity contribution in [2.24, 2.45) is 0 Å². The first-order valence-electron chi connectivity index (χ1n) is 7.30. The van der Waals surface area contributed by atoms with Crippen LogP contribution in [-0.4, -0.2) is 37.2 Å². The standard InChI is InChI=1S/C17H17ClN2O5/c1-10(16(21)20-14-8-7-11(18)9-19-14)25-17(22)15-12(23-2)5-4-6-13(15)24-3/h4-10H,1-3H3,(H,19,20,21)/t10-/m0/s1. The number of ether oxygens (including phenoxy) is 3. The minimum Gasteiger partial charge on any atom is -0.496 e. The molecule has 8 heteroatoms. The Balaban J connectivity index is 2.09. The van der Waals surface area contributed by atoms with Crippen molar-refractivity contribution < 1.29 is 23.8 Å². The zero-order valence-corrected chi connectivity index (χ0v) is 14.7. The minimum absolute atomic E-state index is 0.108. The molecule has 0 aliphatic carbocycles. The van der Waals surface area contributed by atoms with Crippen LogP contribution in [0.3, 0.4) is 0 Å². The summed E-state index contributed by atoms with van der Waals surface area (Å²) in [4.78, 5) is 28.5. The van der Waals surface area contributed by atoms with Crippen molar-refractivity contribution in [2.75, 3.05) is 19.5 Å². The molecule has 2 rings (SSSR count). The molecule has 2 aromatic rings. The van der Waals surface area contributed by atoms with Gasteiger partial charge in [-0.3, -0.25) is 4.79 Å². The van der Waals surface area contributed by atoms with Crippen molar-refractivity contribution in [3.63, 3.8) is 0 Å². The number of aromatic nitrogens is 1. The molecule has 25 heavy (non-hydrogen) atoms. The Kier molecular flexibility index (Phi) is 6.19. The fourth-order valence-electron chi connectivity index (χ4n) is 2.00. The fourth-order valence-corrected chi connectivity index (χ4v) is 2.11. The minimum atomic E-state index is -1.06. The van der Waals surface area contributed by atoms with E-state index in [1.165, 1.54) is 33.4 Å². The number of esters is 1. The lowest BCUT2D eigenvalue weighted by atomic mass is 10.1. The Morgan fingerprint density at radius 3 is 2.28 bits per heavy atom. The quantitative estimate of drug-likeness (QED) is 0.793. The predicted octanol–water partition coefficient (Wildman–Crippen LogP) is 2.94. The summed E-state index contributed by atoms with van der Waals surface area (Å²) in [6, 6.07) is 8.00. The number of amides is 1. The van der Waals surface area contributed by atoms with E-state index in [0.29, 0.717) is 10.8 Å². The third-order valence-electron chi connectivity index (χ3n) is 3.26. The van der Waals surface area contributed by atoms with Gasteiger partial charge in [0.05, 0.1) is 19.2 Å². The molecule has 0 saturated carbocycles. The first-order valence-corrected chi connectivity index (χ1v) is 7.68. The first kappa shape index (κ1) is 18.5. The Hall–Kier alpha value is -2.80. The molecule has 132 valence electrons. The maximum absolute atomic E-state index is 12.4. The normalized spacial score (nSPS) is 11.4. The molecule has 1 atom stereocenters. The van der Waals surface area contributed by atoms with Gasteiger partial charge in [0.1, 0.15) is 22.9 Å². The van der Waals surface area contributed by atoms with Crippen molar-refractivity contribution in [3.8, 4) is 11.5 Å². The Labute approximate surface area is 149 Å². The second-order valence-corrected chi connectivity index (χ2v) is 5.37. The molecule has 0 fully saturated rings. The second kappa shape index (κ2) is 8.34. The topological polar surface area (TPSA) is 86.8 Å². The number of methoxy groups -OCH3 is 2. The summed E-state index contributed by atoms with van der Waals surface area (Å²) in [7, 11) is 2.85. The Morgan fingerprint density at radius 1 is 1.12 bits per heavy atom. The van der Waals surface area contributed by atoms with Crippen LogP contribution in [0.2, 0.25) is 5.02 Å². The van der Waals surface area contributed by atoms with Crippen LogP contribution >= 0.6 is 11.6 Å². The van der Waals surface area contributed by atoms with Crippen LogP contribution in [0.4, 0.5) is 5.82 Å². The molecule has 1 N–H and O–H groups in total. The number of anilines is 1. The van der Waals surface area contributed by atoms with Crippen LogP contribution in [0.25, 0.3) is 0 Å². The van der Waals surface area contributed by atoms with E-state index in [-0.39, 0.29) is 17.1 Å². The highest BCUT2D eigenvalue weighted by molar-refractivity contribution is 6.30. The number of benzene rings is 1. The monoisotopic (exact) mass is 364 g/mol. The van der Waals surface area contributed by atoms with E-state index in [0.717, 1.165) is 0 Å². The third kappa shape index (κ3) is 4.60. The smallest absolute Gasteiger partial charge is 0.346 e. The van der Waals surface area contributed by atoms with Gasteiger partial charge in [0.15, 0.2) is 6.10 Å². The predicted molar refractivity (Wildman–Crippen MR) is 92.3 cm³/mol. The van der Waals surface area contributed by atoms with E-state index in [4.69, 9.17) is 25.8 Å². The molecule has 1 aromatic heterocycles. The lowest BCUT2D eigenvalue weighted by Gasteiger charge is -2.16. The number of carbonyl (C=O) groups excluding carboxylic acids is 2. The van der Waals surface area contributed by atoms with Crippen LogP contribution in [0, 0.1) is 0 Å². The van der Waals surface area contributed by atoms with Gasteiger partial charge in [0.25, 0.3) is 5.91 Å². The van der Waals surface area contributed by atoms with Crippen molar-refractivity contribution >= 4 is 29.3 Å². The molecule has 0 aliphatic heterocycles. The van der Waals surface area contributed by atoms with Gasteiger partial charge in [-0.2, -0.15) is 0 Å². The van der Waals surface area contributed by atoms with Crippen molar-refractivity contribution in [2.45, 2.75) is 13.0 Å². The largest absolute Gasteiger partial charge is 0.496 e. The summed E-state index contributed by atoms with van der Waals surface area (Å²) < 4.78 is 15.5. The maximum Gasteiger partial charge on any atom is 0.346 e. The van der Waals surface area contributed by atoms with Crippen molar-refractivity contribution in [1.82, 2.24) is 4.98 Å². The molecule has 0 aliphatic rings. The van der Waals surface area contributed by atoms with E-state index in [2.05, 4.69) is 10.3 Å². The Morgan fingerprint density at radius 2 is 1.76 bits per heavy atom. The molecule has 0 unspecified atom stereocenters. The van der Waals surface area contributed by atoms with Crippen LogP contribution in [0.1, 0.15) is 17.3 Å². The van der Waals surface area contributed by atoms with Gasteiger partial charge in [-0.25, -0.2) is 9.78 Å².